The second-order valence-corrected chi connectivity index (χ2v) is 5.70. The Morgan fingerprint density at radius 1 is 1.05 bits per heavy atom. The third-order valence-electron chi connectivity index (χ3n) is 3.36. The molecule has 1 nitrogen and oxygen atoms in total. The van der Waals surface area contributed by atoms with Gasteiger partial charge in [-0.2, -0.15) is 0 Å². The summed E-state index contributed by atoms with van der Waals surface area (Å²) in [4.78, 5) is 0. The first kappa shape index (κ1) is 15.4. The smallest absolute Gasteiger partial charge is 0.0835 e. The molecule has 0 aliphatic heterocycles. The molecule has 3 heteroatoms. The Balaban J connectivity index is 2.15. The quantitative estimate of drug-likeness (QED) is 0.693. The van der Waals surface area contributed by atoms with E-state index in [2.05, 4.69) is 24.3 Å². The molecule has 0 bridgehead atoms. The van der Waals surface area contributed by atoms with Crippen molar-refractivity contribution in [2.45, 2.75) is 18.7 Å². The Hall–Kier alpha value is -1.02. The minimum Gasteiger partial charge on any atom is -0.384 e. The van der Waals surface area contributed by atoms with Crippen LogP contribution in [0.5, 0.6) is 0 Å². The lowest BCUT2D eigenvalue weighted by Gasteiger charge is -2.12. The van der Waals surface area contributed by atoms with E-state index in [1.807, 2.05) is 25.1 Å². The van der Waals surface area contributed by atoms with Crippen LogP contribution in [-0.4, -0.2) is 13.7 Å². The molecule has 2 rings (SSSR count). The number of rotatable bonds is 5. The van der Waals surface area contributed by atoms with E-state index in [4.69, 9.17) is 27.9 Å². The second kappa shape index (κ2) is 7.12. The van der Waals surface area contributed by atoms with Gasteiger partial charge < -0.3 is 4.74 Å². The van der Waals surface area contributed by atoms with Crippen LogP contribution in [0.3, 0.4) is 0 Å². The zero-order chi connectivity index (χ0) is 14.5. The summed E-state index contributed by atoms with van der Waals surface area (Å²) in [5.74, 6) is 0. The summed E-state index contributed by atoms with van der Waals surface area (Å²) in [5.41, 5.74) is 4.41. The van der Waals surface area contributed by atoms with Crippen LogP contribution in [0.1, 0.15) is 27.6 Å². The molecule has 0 N–H and O–H groups in total. The summed E-state index contributed by atoms with van der Waals surface area (Å²) in [6, 6.07) is 14.3. The summed E-state index contributed by atoms with van der Waals surface area (Å²) in [7, 11) is 1.71. The van der Waals surface area contributed by atoms with Crippen LogP contribution in [0.25, 0.3) is 0 Å². The molecule has 2 aromatic rings. The van der Waals surface area contributed by atoms with Gasteiger partial charge in [-0.3, -0.25) is 0 Å². The van der Waals surface area contributed by atoms with E-state index in [1.165, 1.54) is 5.56 Å². The van der Waals surface area contributed by atoms with E-state index in [0.717, 1.165) is 34.7 Å². The normalized spacial score (nSPS) is 12.4. The molecule has 0 aromatic heterocycles. The van der Waals surface area contributed by atoms with E-state index in [1.54, 1.807) is 7.11 Å². The molecule has 0 saturated heterocycles. The van der Waals surface area contributed by atoms with Crippen LogP contribution in [0.15, 0.2) is 42.5 Å². The van der Waals surface area contributed by atoms with E-state index < -0.39 is 0 Å². The monoisotopic (exact) mass is 308 g/mol. The van der Waals surface area contributed by atoms with E-state index in [9.17, 15) is 0 Å². The molecule has 0 spiro atoms. The van der Waals surface area contributed by atoms with Crippen LogP contribution in [-0.2, 0) is 11.2 Å². The molecular formula is C17H18Cl2O. The number of halogens is 2. The van der Waals surface area contributed by atoms with Gasteiger partial charge in [0.1, 0.15) is 0 Å². The third kappa shape index (κ3) is 3.76. The van der Waals surface area contributed by atoms with Gasteiger partial charge in [0.05, 0.1) is 12.0 Å². The van der Waals surface area contributed by atoms with Crippen molar-refractivity contribution in [3.63, 3.8) is 0 Å². The van der Waals surface area contributed by atoms with Gasteiger partial charge in [0.2, 0.25) is 0 Å². The van der Waals surface area contributed by atoms with E-state index >= 15 is 0 Å². The molecule has 0 aliphatic rings. The fourth-order valence-corrected chi connectivity index (χ4v) is 2.50. The third-order valence-corrected chi connectivity index (χ3v) is 4.27. The maximum Gasteiger partial charge on any atom is 0.0835 e. The Labute approximate surface area is 130 Å². The topological polar surface area (TPSA) is 9.23 Å². The standard InChI is InChI=1S/C17H18Cl2O/c1-12-3-6-15(11-16(12)18)17(19)14-7-4-13(5-8-14)9-10-20-2/h3-8,11,17H,9-10H2,1-2H3. The molecule has 2 aromatic carbocycles. The van der Waals surface area contributed by atoms with Gasteiger partial charge in [0.15, 0.2) is 0 Å². The molecule has 0 saturated carbocycles. The number of hydrogen-bond donors (Lipinski definition) is 0. The van der Waals surface area contributed by atoms with Gasteiger partial charge in [-0.25, -0.2) is 0 Å². The van der Waals surface area contributed by atoms with Crippen LogP contribution in [0.4, 0.5) is 0 Å². The summed E-state index contributed by atoms with van der Waals surface area (Å²) >= 11 is 12.7. The van der Waals surface area contributed by atoms with Crippen molar-refractivity contribution in [2.24, 2.45) is 0 Å². The van der Waals surface area contributed by atoms with E-state index in [-0.39, 0.29) is 5.38 Å². The summed E-state index contributed by atoms with van der Waals surface area (Å²) in [6.07, 6.45) is 0.917. The van der Waals surface area contributed by atoms with Gasteiger partial charge >= 0.3 is 0 Å². The number of aryl methyl sites for hydroxylation is 1. The fourth-order valence-electron chi connectivity index (χ4n) is 2.03. The highest BCUT2D eigenvalue weighted by atomic mass is 35.5. The summed E-state index contributed by atoms with van der Waals surface area (Å²) in [5, 5.41) is 0.578. The van der Waals surface area contributed by atoms with Crippen molar-refractivity contribution >= 4 is 23.2 Å². The van der Waals surface area contributed by atoms with Crippen LogP contribution in [0.2, 0.25) is 5.02 Å². The number of ether oxygens (including phenoxy) is 1. The van der Waals surface area contributed by atoms with Crippen molar-refractivity contribution in [1.82, 2.24) is 0 Å². The molecule has 0 aliphatic carbocycles. The van der Waals surface area contributed by atoms with Gasteiger partial charge in [-0.1, -0.05) is 48.0 Å². The molecule has 0 radical (unpaired) electrons. The number of benzene rings is 2. The van der Waals surface area contributed by atoms with Crippen molar-refractivity contribution in [3.8, 4) is 0 Å². The average molecular weight is 309 g/mol. The predicted octanol–water partition coefficient (Wildman–Crippen LogP) is 5.17. The molecule has 0 heterocycles. The minimum atomic E-state index is -0.176. The highest BCUT2D eigenvalue weighted by molar-refractivity contribution is 6.31. The predicted molar refractivity (Wildman–Crippen MR) is 85.9 cm³/mol. The lowest BCUT2D eigenvalue weighted by atomic mass is 10.0. The minimum absolute atomic E-state index is 0.176. The highest BCUT2D eigenvalue weighted by Gasteiger charge is 2.11. The largest absolute Gasteiger partial charge is 0.384 e. The molecule has 0 amide bonds. The lowest BCUT2D eigenvalue weighted by molar-refractivity contribution is 0.202. The molecule has 106 valence electrons. The first-order valence-corrected chi connectivity index (χ1v) is 7.41. The number of methoxy groups -OCH3 is 1. The Morgan fingerprint density at radius 2 is 1.70 bits per heavy atom. The number of alkyl halides is 1. The SMILES string of the molecule is COCCc1ccc(C(Cl)c2ccc(C)c(Cl)c2)cc1. The first-order valence-electron chi connectivity index (χ1n) is 6.59. The van der Waals surface area contributed by atoms with Gasteiger partial charge in [-0.05, 0) is 41.7 Å². The van der Waals surface area contributed by atoms with Gasteiger partial charge in [-0.15, -0.1) is 11.6 Å². The maximum atomic E-state index is 6.53. The molecular weight excluding hydrogens is 291 g/mol. The maximum absolute atomic E-state index is 6.53. The van der Waals surface area contributed by atoms with E-state index in [0.29, 0.717) is 0 Å². The van der Waals surface area contributed by atoms with Crippen LogP contribution >= 0.6 is 23.2 Å². The summed E-state index contributed by atoms with van der Waals surface area (Å²) in [6.45, 7) is 2.72. The van der Waals surface area contributed by atoms with Crippen molar-refractivity contribution in [2.75, 3.05) is 13.7 Å². The first-order chi connectivity index (χ1) is 9.61. The molecule has 1 atom stereocenters. The Bertz CT molecular complexity index is 564. The van der Waals surface area contributed by atoms with Crippen molar-refractivity contribution in [3.05, 3.63) is 69.7 Å². The Kier molecular flexibility index (Phi) is 5.47. The highest BCUT2D eigenvalue weighted by Crippen LogP contribution is 2.31. The van der Waals surface area contributed by atoms with Crippen molar-refractivity contribution in [1.29, 1.82) is 0 Å². The number of hydrogen-bond acceptors (Lipinski definition) is 1. The fraction of sp³-hybridized carbons (Fsp3) is 0.294. The second-order valence-electron chi connectivity index (χ2n) is 4.86. The van der Waals surface area contributed by atoms with Crippen LogP contribution < -0.4 is 0 Å². The lowest BCUT2D eigenvalue weighted by Crippen LogP contribution is -1.97. The molecule has 1 unspecified atom stereocenters. The van der Waals surface area contributed by atoms with Gasteiger partial charge in [0, 0.05) is 12.1 Å². The van der Waals surface area contributed by atoms with Crippen molar-refractivity contribution < 1.29 is 4.74 Å². The average Bonchev–Trinajstić information content (AvgIpc) is 2.48. The Morgan fingerprint density at radius 3 is 2.30 bits per heavy atom. The zero-order valence-corrected chi connectivity index (χ0v) is 13.2. The van der Waals surface area contributed by atoms with Gasteiger partial charge in [0.25, 0.3) is 0 Å². The molecule has 20 heavy (non-hydrogen) atoms. The summed E-state index contributed by atoms with van der Waals surface area (Å²) < 4.78 is 5.08. The molecule has 0 fully saturated rings. The zero-order valence-electron chi connectivity index (χ0n) is 11.7. The van der Waals surface area contributed by atoms with Crippen LogP contribution in [0, 0.1) is 6.92 Å².